The van der Waals surface area contributed by atoms with Crippen LogP contribution in [0.2, 0.25) is 0 Å². The van der Waals surface area contributed by atoms with E-state index < -0.39 is 11.5 Å². The van der Waals surface area contributed by atoms with Crippen molar-refractivity contribution in [1.29, 1.82) is 0 Å². The first-order valence-corrected chi connectivity index (χ1v) is 5.89. The van der Waals surface area contributed by atoms with Gasteiger partial charge < -0.3 is 14.0 Å². The number of hydrogen-bond donors (Lipinski definition) is 0. The van der Waals surface area contributed by atoms with Crippen molar-refractivity contribution < 1.29 is 14.3 Å². The maximum absolute atomic E-state index is 12.0. The van der Waals surface area contributed by atoms with Gasteiger partial charge in [0.25, 0.3) is 0 Å². The van der Waals surface area contributed by atoms with Crippen LogP contribution in [0, 0.1) is 0 Å². The molecule has 0 atom stereocenters. The third-order valence-corrected chi connectivity index (χ3v) is 2.88. The van der Waals surface area contributed by atoms with Crippen molar-refractivity contribution in [3.05, 3.63) is 46.4 Å². The molecule has 6 nitrogen and oxygen atoms in total. The molecule has 0 amide bonds. The summed E-state index contributed by atoms with van der Waals surface area (Å²) in [4.78, 5) is 27.8. The van der Waals surface area contributed by atoms with E-state index in [-0.39, 0.29) is 11.4 Å². The van der Waals surface area contributed by atoms with Gasteiger partial charge >= 0.3 is 11.5 Å². The Hall–Kier alpha value is -2.63. The van der Waals surface area contributed by atoms with Gasteiger partial charge in [0.05, 0.1) is 14.2 Å². The van der Waals surface area contributed by atoms with E-state index in [0.717, 1.165) is 5.56 Å². The highest BCUT2D eigenvalue weighted by atomic mass is 16.5. The summed E-state index contributed by atoms with van der Waals surface area (Å²) in [6, 6.07) is 9.10. The largest absolute Gasteiger partial charge is 0.489 e. The van der Waals surface area contributed by atoms with Crippen LogP contribution in [0.4, 0.5) is 0 Å². The SMILES string of the molecule is COC(=O)c1c(OC)c(=O)nc(-c2ccccc2)n1C. The number of carbonyl (C=O) groups is 1. The van der Waals surface area contributed by atoms with Gasteiger partial charge in [-0.15, -0.1) is 0 Å². The Morgan fingerprint density at radius 1 is 1.20 bits per heavy atom. The maximum atomic E-state index is 12.0. The molecule has 0 aliphatic carbocycles. The molecule has 20 heavy (non-hydrogen) atoms. The summed E-state index contributed by atoms with van der Waals surface area (Å²) in [5, 5.41) is 0. The first kappa shape index (κ1) is 13.8. The molecule has 0 radical (unpaired) electrons. The van der Waals surface area contributed by atoms with Crippen LogP contribution in [-0.4, -0.2) is 29.7 Å². The Morgan fingerprint density at radius 3 is 2.40 bits per heavy atom. The standard InChI is InChI=1S/C14H14N2O4/c1-16-10(14(18)20-3)11(19-2)13(17)15-12(16)9-7-5-4-6-8-9/h4-8H,1-3H3. The van der Waals surface area contributed by atoms with Gasteiger partial charge in [-0.25, -0.2) is 4.79 Å². The van der Waals surface area contributed by atoms with Crippen LogP contribution in [0.15, 0.2) is 35.1 Å². The lowest BCUT2D eigenvalue weighted by Crippen LogP contribution is -2.23. The second kappa shape index (κ2) is 5.56. The second-order valence-corrected chi connectivity index (χ2v) is 4.04. The lowest BCUT2D eigenvalue weighted by atomic mass is 10.2. The predicted octanol–water partition coefficient (Wildman–Crippen LogP) is 1.24. The molecule has 104 valence electrons. The van der Waals surface area contributed by atoms with Gasteiger partial charge in [0.2, 0.25) is 5.75 Å². The first-order chi connectivity index (χ1) is 9.60. The van der Waals surface area contributed by atoms with Gasteiger partial charge in [0, 0.05) is 12.6 Å². The molecule has 0 saturated heterocycles. The van der Waals surface area contributed by atoms with Crippen molar-refractivity contribution in [2.45, 2.75) is 0 Å². The van der Waals surface area contributed by atoms with E-state index in [2.05, 4.69) is 4.98 Å². The Balaban J connectivity index is 2.77. The summed E-state index contributed by atoms with van der Waals surface area (Å²) in [5.74, 6) is -0.406. The monoisotopic (exact) mass is 274 g/mol. The quantitative estimate of drug-likeness (QED) is 0.788. The summed E-state index contributed by atoms with van der Waals surface area (Å²) in [6.07, 6.45) is 0. The van der Waals surface area contributed by atoms with E-state index in [1.807, 2.05) is 18.2 Å². The summed E-state index contributed by atoms with van der Waals surface area (Å²) in [6.45, 7) is 0. The molecule has 1 heterocycles. The molecule has 0 N–H and O–H groups in total. The van der Waals surface area contributed by atoms with Crippen molar-refractivity contribution in [2.24, 2.45) is 7.05 Å². The zero-order chi connectivity index (χ0) is 14.7. The Morgan fingerprint density at radius 2 is 1.85 bits per heavy atom. The highest BCUT2D eigenvalue weighted by molar-refractivity contribution is 5.91. The van der Waals surface area contributed by atoms with Gasteiger partial charge in [0.1, 0.15) is 5.82 Å². The zero-order valence-corrected chi connectivity index (χ0v) is 11.4. The molecule has 0 aliphatic heterocycles. The summed E-state index contributed by atoms with van der Waals surface area (Å²) in [5.41, 5.74) is 0.151. The Kier molecular flexibility index (Phi) is 3.84. The number of carbonyl (C=O) groups excluding carboxylic acids is 1. The average molecular weight is 274 g/mol. The van der Waals surface area contributed by atoms with Gasteiger partial charge in [0.15, 0.2) is 5.69 Å². The molecular formula is C14H14N2O4. The van der Waals surface area contributed by atoms with E-state index in [4.69, 9.17) is 9.47 Å². The topological polar surface area (TPSA) is 70.4 Å². The fourth-order valence-electron chi connectivity index (χ4n) is 1.94. The van der Waals surface area contributed by atoms with E-state index in [1.54, 1.807) is 19.2 Å². The second-order valence-electron chi connectivity index (χ2n) is 4.04. The van der Waals surface area contributed by atoms with E-state index in [0.29, 0.717) is 5.82 Å². The van der Waals surface area contributed by atoms with Gasteiger partial charge in [-0.2, -0.15) is 4.98 Å². The molecular weight excluding hydrogens is 260 g/mol. The molecule has 0 bridgehead atoms. The van der Waals surface area contributed by atoms with Gasteiger partial charge in [-0.1, -0.05) is 30.3 Å². The Labute approximate surface area is 115 Å². The number of ether oxygens (including phenoxy) is 2. The van der Waals surface area contributed by atoms with Gasteiger partial charge in [-0.3, -0.25) is 4.79 Å². The highest BCUT2D eigenvalue weighted by Crippen LogP contribution is 2.21. The minimum absolute atomic E-state index is 0.0360. The number of methoxy groups -OCH3 is 2. The van der Waals surface area contributed by atoms with Crippen molar-refractivity contribution in [3.8, 4) is 17.1 Å². The van der Waals surface area contributed by atoms with Crippen LogP contribution in [0.3, 0.4) is 0 Å². The van der Waals surface area contributed by atoms with Crippen LogP contribution in [-0.2, 0) is 11.8 Å². The van der Waals surface area contributed by atoms with Crippen molar-refractivity contribution >= 4 is 5.97 Å². The smallest absolute Gasteiger partial charge is 0.358 e. The highest BCUT2D eigenvalue weighted by Gasteiger charge is 2.23. The molecule has 2 aromatic rings. The van der Waals surface area contributed by atoms with E-state index in [9.17, 15) is 9.59 Å². The predicted molar refractivity (Wildman–Crippen MR) is 72.8 cm³/mol. The van der Waals surface area contributed by atoms with Crippen LogP contribution < -0.4 is 10.3 Å². The molecule has 0 saturated carbocycles. The molecule has 0 aliphatic rings. The van der Waals surface area contributed by atoms with Crippen molar-refractivity contribution in [2.75, 3.05) is 14.2 Å². The average Bonchev–Trinajstić information content (AvgIpc) is 2.48. The number of rotatable bonds is 3. The molecule has 2 rings (SSSR count). The zero-order valence-electron chi connectivity index (χ0n) is 11.4. The molecule has 1 aromatic heterocycles. The van der Waals surface area contributed by atoms with E-state index >= 15 is 0 Å². The first-order valence-electron chi connectivity index (χ1n) is 5.89. The minimum atomic E-state index is -0.652. The molecule has 0 unspecified atom stereocenters. The fraction of sp³-hybridized carbons (Fsp3) is 0.214. The Bertz CT molecular complexity index is 692. The number of nitrogens with zero attached hydrogens (tertiary/aromatic N) is 2. The summed E-state index contributed by atoms with van der Waals surface area (Å²) >= 11 is 0. The van der Waals surface area contributed by atoms with E-state index in [1.165, 1.54) is 18.8 Å². The normalized spacial score (nSPS) is 10.2. The molecule has 1 aromatic carbocycles. The fourth-order valence-corrected chi connectivity index (χ4v) is 1.94. The van der Waals surface area contributed by atoms with Crippen LogP contribution in [0.25, 0.3) is 11.4 Å². The molecule has 0 fully saturated rings. The summed E-state index contributed by atoms with van der Waals surface area (Å²) in [7, 11) is 4.19. The van der Waals surface area contributed by atoms with Crippen molar-refractivity contribution in [3.63, 3.8) is 0 Å². The number of esters is 1. The lowest BCUT2D eigenvalue weighted by molar-refractivity contribution is 0.0584. The van der Waals surface area contributed by atoms with Gasteiger partial charge in [-0.05, 0) is 0 Å². The number of benzene rings is 1. The van der Waals surface area contributed by atoms with Crippen LogP contribution in [0.1, 0.15) is 10.5 Å². The van der Waals surface area contributed by atoms with Crippen molar-refractivity contribution in [1.82, 2.24) is 9.55 Å². The lowest BCUT2D eigenvalue weighted by Gasteiger charge is -2.14. The molecule has 6 heteroatoms. The third kappa shape index (κ3) is 2.27. The van der Waals surface area contributed by atoms with Crippen LogP contribution >= 0.6 is 0 Å². The molecule has 0 spiro atoms. The number of hydrogen-bond acceptors (Lipinski definition) is 5. The van der Waals surface area contributed by atoms with Crippen LogP contribution in [0.5, 0.6) is 5.75 Å². The minimum Gasteiger partial charge on any atom is -0.489 e. The summed E-state index contributed by atoms with van der Waals surface area (Å²) < 4.78 is 11.2. The number of aromatic nitrogens is 2. The third-order valence-electron chi connectivity index (χ3n) is 2.88. The maximum Gasteiger partial charge on any atom is 0.358 e.